The quantitative estimate of drug-likeness (QED) is 0.574. The van der Waals surface area contributed by atoms with Gasteiger partial charge < -0.3 is 0 Å². The summed E-state index contributed by atoms with van der Waals surface area (Å²) in [5.41, 5.74) is 4.91. The monoisotopic (exact) mass is 339 g/mol. The van der Waals surface area contributed by atoms with Gasteiger partial charge in [-0.25, -0.2) is 10.1 Å². The zero-order valence-electron chi connectivity index (χ0n) is 12.6. The Hall–Kier alpha value is -2.99. The van der Waals surface area contributed by atoms with Gasteiger partial charge in [-0.2, -0.15) is 5.10 Å². The van der Waals surface area contributed by atoms with Gasteiger partial charge in [0.15, 0.2) is 0 Å². The highest BCUT2D eigenvalue weighted by Crippen LogP contribution is 2.14. The summed E-state index contributed by atoms with van der Waals surface area (Å²) in [5, 5.41) is 12.5. The molecule has 0 unspecified atom stereocenters. The summed E-state index contributed by atoms with van der Waals surface area (Å²) in [6.45, 7) is 0.0344. The summed E-state index contributed by atoms with van der Waals surface area (Å²) in [4.78, 5) is 11.9. The van der Waals surface area contributed by atoms with E-state index in [0.29, 0.717) is 10.7 Å². The number of carbonyl (C=O) groups is 1. The summed E-state index contributed by atoms with van der Waals surface area (Å²) < 4.78 is 1.46. The molecule has 1 aromatic heterocycles. The molecule has 2 aromatic carbocycles. The highest BCUT2D eigenvalue weighted by atomic mass is 35.5. The van der Waals surface area contributed by atoms with Crippen LogP contribution >= 0.6 is 11.6 Å². The topological polar surface area (TPSA) is 72.2 Å². The van der Waals surface area contributed by atoms with Crippen LogP contribution in [0.4, 0.5) is 0 Å². The molecule has 0 radical (unpaired) electrons. The number of halogens is 1. The van der Waals surface area contributed by atoms with Crippen LogP contribution in [0.3, 0.4) is 0 Å². The third-order valence-electron chi connectivity index (χ3n) is 3.17. The Labute approximate surface area is 143 Å². The number of rotatable bonds is 5. The Morgan fingerprint density at radius 3 is 2.83 bits per heavy atom. The van der Waals surface area contributed by atoms with E-state index in [-0.39, 0.29) is 12.5 Å². The fraction of sp³-hybridized carbons (Fsp3) is 0.0588. The highest BCUT2D eigenvalue weighted by molar-refractivity contribution is 6.30. The molecule has 3 aromatic rings. The van der Waals surface area contributed by atoms with E-state index < -0.39 is 0 Å². The maximum absolute atomic E-state index is 11.9. The molecule has 120 valence electrons. The molecule has 0 aliphatic carbocycles. The van der Waals surface area contributed by atoms with Gasteiger partial charge >= 0.3 is 0 Å². The van der Waals surface area contributed by atoms with Gasteiger partial charge in [0, 0.05) is 10.6 Å². The van der Waals surface area contributed by atoms with Gasteiger partial charge in [-0.15, -0.1) is 5.10 Å². The molecule has 0 aliphatic heterocycles. The smallest absolute Gasteiger partial charge is 0.261 e. The molecule has 1 heterocycles. The van der Waals surface area contributed by atoms with Gasteiger partial charge in [-0.05, 0) is 17.7 Å². The number of hydrogen-bond donors (Lipinski definition) is 1. The predicted molar refractivity (Wildman–Crippen MR) is 92.6 cm³/mol. The first-order chi connectivity index (χ1) is 11.7. The summed E-state index contributed by atoms with van der Waals surface area (Å²) in [5.74, 6) is -0.294. The minimum absolute atomic E-state index is 0.0344. The van der Waals surface area contributed by atoms with Crippen molar-refractivity contribution in [3.63, 3.8) is 0 Å². The van der Waals surface area contributed by atoms with E-state index in [4.69, 9.17) is 11.6 Å². The van der Waals surface area contributed by atoms with E-state index in [2.05, 4.69) is 20.8 Å². The normalized spacial score (nSPS) is 10.9. The zero-order valence-corrected chi connectivity index (χ0v) is 13.4. The maximum Gasteiger partial charge on any atom is 0.261 e. The van der Waals surface area contributed by atoms with Crippen molar-refractivity contribution in [1.82, 2.24) is 20.4 Å². The fourth-order valence-electron chi connectivity index (χ4n) is 2.07. The lowest BCUT2D eigenvalue weighted by atomic mass is 10.2. The number of amides is 1. The Bertz CT molecular complexity index is 860. The van der Waals surface area contributed by atoms with Crippen LogP contribution in [-0.4, -0.2) is 27.1 Å². The molecule has 1 amide bonds. The predicted octanol–water partition coefficient (Wildman–Crippen LogP) is 2.75. The lowest BCUT2D eigenvalue weighted by Gasteiger charge is -1.99. The summed E-state index contributed by atoms with van der Waals surface area (Å²) >= 11 is 5.88. The van der Waals surface area contributed by atoms with Crippen LogP contribution in [0.25, 0.3) is 11.3 Å². The van der Waals surface area contributed by atoms with E-state index in [1.165, 1.54) is 10.9 Å². The van der Waals surface area contributed by atoms with E-state index in [0.717, 1.165) is 11.1 Å². The summed E-state index contributed by atoms with van der Waals surface area (Å²) in [6, 6.07) is 16.8. The van der Waals surface area contributed by atoms with E-state index in [1.807, 2.05) is 42.5 Å². The van der Waals surface area contributed by atoms with Crippen molar-refractivity contribution in [2.45, 2.75) is 6.54 Å². The molecule has 0 saturated heterocycles. The molecule has 1 N–H and O–H groups in total. The molecular weight excluding hydrogens is 326 g/mol. The second-order valence-corrected chi connectivity index (χ2v) is 5.45. The van der Waals surface area contributed by atoms with Crippen molar-refractivity contribution < 1.29 is 4.79 Å². The van der Waals surface area contributed by atoms with Crippen molar-refractivity contribution in [3.05, 3.63) is 71.4 Å². The first-order valence-corrected chi connectivity index (χ1v) is 7.61. The number of aromatic nitrogens is 3. The third-order valence-corrected chi connectivity index (χ3v) is 3.40. The molecule has 0 spiro atoms. The number of hydrogen-bond acceptors (Lipinski definition) is 4. The number of hydrazone groups is 1. The van der Waals surface area contributed by atoms with Crippen molar-refractivity contribution in [1.29, 1.82) is 0 Å². The van der Waals surface area contributed by atoms with Crippen LogP contribution in [0.15, 0.2) is 65.9 Å². The lowest BCUT2D eigenvalue weighted by Crippen LogP contribution is -2.23. The summed E-state index contributed by atoms with van der Waals surface area (Å²) in [7, 11) is 0. The van der Waals surface area contributed by atoms with Gasteiger partial charge in [0.25, 0.3) is 5.91 Å². The SMILES string of the molecule is O=C(Cn1cc(-c2ccccc2)nn1)N/N=C/c1cccc(Cl)c1. The molecule has 0 atom stereocenters. The molecule has 3 rings (SSSR count). The third kappa shape index (κ3) is 4.27. The van der Waals surface area contributed by atoms with Crippen LogP contribution < -0.4 is 5.43 Å². The van der Waals surface area contributed by atoms with Gasteiger partial charge in [-0.3, -0.25) is 4.79 Å². The molecule has 0 aliphatic rings. The lowest BCUT2D eigenvalue weighted by molar-refractivity contribution is -0.121. The van der Waals surface area contributed by atoms with Crippen LogP contribution in [0, 0.1) is 0 Å². The highest BCUT2D eigenvalue weighted by Gasteiger charge is 2.06. The van der Waals surface area contributed by atoms with E-state index in [1.54, 1.807) is 18.3 Å². The van der Waals surface area contributed by atoms with Crippen molar-refractivity contribution in [2.75, 3.05) is 0 Å². The molecule has 7 heteroatoms. The first kappa shape index (κ1) is 15.9. The molecular formula is C17H14ClN5O. The standard InChI is InChI=1S/C17H14ClN5O/c18-15-8-4-5-13(9-15)10-19-21-17(24)12-23-11-16(20-22-23)14-6-2-1-3-7-14/h1-11H,12H2,(H,21,24)/b19-10+. The summed E-state index contributed by atoms with van der Waals surface area (Å²) in [6.07, 6.45) is 3.25. The molecule has 0 fully saturated rings. The number of carbonyl (C=O) groups excluding carboxylic acids is 1. The van der Waals surface area contributed by atoms with Crippen molar-refractivity contribution in [3.8, 4) is 11.3 Å². The molecule has 6 nitrogen and oxygen atoms in total. The first-order valence-electron chi connectivity index (χ1n) is 7.24. The van der Waals surface area contributed by atoms with Crippen LogP contribution in [-0.2, 0) is 11.3 Å². The number of nitrogens with zero attached hydrogens (tertiary/aromatic N) is 4. The zero-order chi connectivity index (χ0) is 16.8. The van der Waals surface area contributed by atoms with E-state index >= 15 is 0 Å². The Kier molecular flexibility index (Phi) is 4.98. The second-order valence-electron chi connectivity index (χ2n) is 5.02. The fourth-order valence-corrected chi connectivity index (χ4v) is 2.26. The second kappa shape index (κ2) is 7.52. The Morgan fingerprint density at radius 2 is 2.04 bits per heavy atom. The average Bonchev–Trinajstić information content (AvgIpc) is 3.04. The largest absolute Gasteiger partial charge is 0.271 e. The van der Waals surface area contributed by atoms with Gasteiger partial charge in [-0.1, -0.05) is 59.3 Å². The minimum Gasteiger partial charge on any atom is -0.271 e. The van der Waals surface area contributed by atoms with Crippen LogP contribution in [0.1, 0.15) is 5.56 Å². The number of nitrogens with one attached hydrogen (secondary N) is 1. The Balaban J connectivity index is 1.57. The molecule has 0 saturated carbocycles. The van der Waals surface area contributed by atoms with Gasteiger partial charge in [0.2, 0.25) is 0 Å². The van der Waals surface area contributed by atoms with E-state index in [9.17, 15) is 4.79 Å². The van der Waals surface area contributed by atoms with Crippen molar-refractivity contribution >= 4 is 23.7 Å². The maximum atomic E-state index is 11.9. The van der Waals surface area contributed by atoms with Crippen LogP contribution in [0.5, 0.6) is 0 Å². The van der Waals surface area contributed by atoms with Gasteiger partial charge in [0.1, 0.15) is 12.2 Å². The van der Waals surface area contributed by atoms with Crippen molar-refractivity contribution in [2.24, 2.45) is 5.10 Å². The molecule has 24 heavy (non-hydrogen) atoms. The average molecular weight is 340 g/mol. The molecule has 0 bridgehead atoms. The minimum atomic E-state index is -0.294. The van der Waals surface area contributed by atoms with Crippen LogP contribution in [0.2, 0.25) is 5.02 Å². The number of benzene rings is 2. The van der Waals surface area contributed by atoms with Gasteiger partial charge in [0.05, 0.1) is 12.4 Å². The Morgan fingerprint density at radius 1 is 1.21 bits per heavy atom.